The standard InChI is InChI=1S/C23H33ClO3/c1-5-27-15-6-9-21(3)17-7-10-22(4)18(8-11-23(22,26)14(2)25)16(17)13-20(24)19(21)12-15/h12,16-18,26H,5-11,13H2,1-4H3/t16-,17+,18+,21-,22+,23+/m1/s1. The molecule has 0 saturated heterocycles. The molecule has 0 spiro atoms. The van der Waals surface area contributed by atoms with Gasteiger partial charge >= 0.3 is 0 Å². The maximum absolute atomic E-state index is 12.3. The fourth-order valence-electron chi connectivity index (χ4n) is 7.26. The van der Waals surface area contributed by atoms with E-state index in [-0.39, 0.29) is 16.6 Å². The summed E-state index contributed by atoms with van der Waals surface area (Å²) < 4.78 is 5.80. The van der Waals surface area contributed by atoms with Crippen LogP contribution in [0.2, 0.25) is 0 Å². The fraction of sp³-hybridized carbons (Fsp3) is 0.783. The van der Waals surface area contributed by atoms with Crippen LogP contribution in [0.1, 0.15) is 72.6 Å². The van der Waals surface area contributed by atoms with E-state index in [4.69, 9.17) is 16.3 Å². The SMILES string of the molecule is CCOC1=CC2=C(Cl)C[C@@H]3[C@H](CC[C@@]4(C)[C@H]3CC[C@]4(O)C(C)=O)[C@@]2(C)CC1. The van der Waals surface area contributed by atoms with Gasteiger partial charge in [0.1, 0.15) is 5.60 Å². The number of Topliss-reactive ketones (excluding diaryl/α,β-unsaturated/α-hetero) is 1. The summed E-state index contributed by atoms with van der Waals surface area (Å²) in [5, 5.41) is 12.2. The smallest absolute Gasteiger partial charge is 0.161 e. The number of rotatable bonds is 3. The van der Waals surface area contributed by atoms with Gasteiger partial charge in [-0.05, 0) is 87.2 Å². The zero-order valence-electron chi connectivity index (χ0n) is 17.1. The fourth-order valence-corrected chi connectivity index (χ4v) is 7.71. The van der Waals surface area contributed by atoms with E-state index in [1.54, 1.807) is 6.92 Å². The molecule has 0 unspecified atom stereocenters. The van der Waals surface area contributed by atoms with Crippen LogP contribution in [0.5, 0.6) is 0 Å². The van der Waals surface area contributed by atoms with Crippen LogP contribution in [0.3, 0.4) is 0 Å². The third-order valence-electron chi connectivity index (χ3n) is 8.84. The molecule has 0 heterocycles. The number of halogens is 1. The van der Waals surface area contributed by atoms with E-state index >= 15 is 0 Å². The Hall–Kier alpha value is -0.800. The number of carbonyl (C=O) groups excluding carboxylic acids is 1. The third-order valence-corrected chi connectivity index (χ3v) is 9.20. The average Bonchev–Trinajstić information content (AvgIpc) is 2.89. The monoisotopic (exact) mass is 392 g/mol. The van der Waals surface area contributed by atoms with Gasteiger partial charge in [-0.3, -0.25) is 4.79 Å². The largest absolute Gasteiger partial charge is 0.498 e. The first-order valence-electron chi connectivity index (χ1n) is 10.6. The lowest BCUT2D eigenvalue weighted by Crippen LogP contribution is -2.56. The van der Waals surface area contributed by atoms with Crippen LogP contribution < -0.4 is 0 Å². The van der Waals surface area contributed by atoms with Crippen LogP contribution >= 0.6 is 11.6 Å². The summed E-state index contributed by atoms with van der Waals surface area (Å²) in [7, 11) is 0. The second-order valence-corrected chi connectivity index (χ2v) is 10.2. The number of hydrogen-bond acceptors (Lipinski definition) is 3. The molecular formula is C23H33ClO3. The Bertz CT molecular complexity index is 725. The molecule has 1 N–H and O–H groups in total. The molecule has 0 aliphatic heterocycles. The second-order valence-electron chi connectivity index (χ2n) is 9.77. The highest BCUT2D eigenvalue weighted by atomic mass is 35.5. The van der Waals surface area contributed by atoms with E-state index < -0.39 is 5.60 Å². The molecule has 0 aromatic carbocycles. The molecule has 4 aliphatic rings. The van der Waals surface area contributed by atoms with E-state index in [1.165, 1.54) is 5.57 Å². The van der Waals surface area contributed by atoms with Crippen molar-refractivity contribution >= 4 is 17.4 Å². The number of ketones is 1. The predicted octanol–water partition coefficient (Wildman–Crippen LogP) is 5.37. The van der Waals surface area contributed by atoms with Crippen LogP contribution in [0.4, 0.5) is 0 Å². The summed E-state index contributed by atoms with van der Waals surface area (Å²) in [4.78, 5) is 12.3. The first-order chi connectivity index (χ1) is 12.7. The number of allylic oxidation sites excluding steroid dienone is 4. The molecule has 4 aliphatic carbocycles. The number of fused-ring (bicyclic) bond motifs is 5. The van der Waals surface area contributed by atoms with Gasteiger partial charge in [-0.25, -0.2) is 0 Å². The molecular weight excluding hydrogens is 360 g/mol. The highest BCUT2D eigenvalue weighted by Gasteiger charge is 2.65. The van der Waals surface area contributed by atoms with Gasteiger partial charge in [-0.15, -0.1) is 0 Å². The van der Waals surface area contributed by atoms with Gasteiger partial charge in [0.25, 0.3) is 0 Å². The number of hydrogen-bond donors (Lipinski definition) is 1. The Morgan fingerprint density at radius 1 is 1.26 bits per heavy atom. The molecule has 0 aromatic heterocycles. The normalized spacial score (nSPS) is 46.3. The molecule has 0 aromatic rings. The number of carbonyl (C=O) groups is 1. The van der Waals surface area contributed by atoms with Gasteiger partial charge in [0.05, 0.1) is 12.4 Å². The van der Waals surface area contributed by atoms with E-state index in [0.717, 1.165) is 49.3 Å². The third kappa shape index (κ3) is 2.53. The van der Waals surface area contributed by atoms with Gasteiger partial charge in [0, 0.05) is 16.9 Å². The zero-order chi connectivity index (χ0) is 19.6. The molecule has 0 bridgehead atoms. The van der Waals surface area contributed by atoms with Crippen molar-refractivity contribution in [2.45, 2.75) is 78.2 Å². The Kier molecular flexibility index (Phi) is 4.59. The molecule has 0 radical (unpaired) electrons. The number of ether oxygens (including phenoxy) is 1. The highest BCUT2D eigenvalue weighted by Crippen LogP contribution is 2.68. The van der Waals surface area contributed by atoms with Crippen LogP contribution in [-0.2, 0) is 9.53 Å². The Morgan fingerprint density at radius 3 is 2.63 bits per heavy atom. The lowest BCUT2D eigenvalue weighted by Gasteiger charge is -2.58. The van der Waals surface area contributed by atoms with Crippen molar-refractivity contribution in [1.82, 2.24) is 0 Å². The lowest BCUT2D eigenvalue weighted by molar-refractivity contribution is -0.158. The summed E-state index contributed by atoms with van der Waals surface area (Å²) in [6.45, 7) is 8.83. The van der Waals surface area contributed by atoms with E-state index in [9.17, 15) is 9.90 Å². The summed E-state index contributed by atoms with van der Waals surface area (Å²) in [5.41, 5.74) is -0.108. The topological polar surface area (TPSA) is 46.5 Å². The van der Waals surface area contributed by atoms with Crippen molar-refractivity contribution in [3.63, 3.8) is 0 Å². The minimum absolute atomic E-state index is 0.0581. The Labute approximate surface area is 168 Å². The van der Waals surface area contributed by atoms with Crippen molar-refractivity contribution in [2.75, 3.05) is 6.61 Å². The maximum Gasteiger partial charge on any atom is 0.161 e. The van der Waals surface area contributed by atoms with Crippen molar-refractivity contribution in [3.05, 3.63) is 22.4 Å². The van der Waals surface area contributed by atoms with Gasteiger partial charge in [-0.2, -0.15) is 0 Å². The van der Waals surface area contributed by atoms with E-state index in [1.807, 2.05) is 6.92 Å². The minimum Gasteiger partial charge on any atom is -0.498 e. The summed E-state index contributed by atoms with van der Waals surface area (Å²) in [6.07, 6.45) is 8.66. The van der Waals surface area contributed by atoms with Crippen LogP contribution in [0.15, 0.2) is 22.4 Å². The molecule has 150 valence electrons. The molecule has 27 heavy (non-hydrogen) atoms. The highest BCUT2D eigenvalue weighted by molar-refractivity contribution is 6.30. The number of aliphatic hydroxyl groups is 1. The van der Waals surface area contributed by atoms with E-state index in [2.05, 4.69) is 19.9 Å². The Morgan fingerprint density at radius 2 is 1.96 bits per heavy atom. The second kappa shape index (κ2) is 6.35. The van der Waals surface area contributed by atoms with Crippen molar-refractivity contribution in [3.8, 4) is 0 Å². The molecule has 0 amide bonds. The van der Waals surface area contributed by atoms with Gasteiger partial charge < -0.3 is 9.84 Å². The summed E-state index contributed by atoms with van der Waals surface area (Å²) >= 11 is 6.88. The van der Waals surface area contributed by atoms with Gasteiger partial charge in [0.2, 0.25) is 0 Å². The average molecular weight is 393 g/mol. The first-order valence-corrected chi connectivity index (χ1v) is 11.0. The van der Waals surface area contributed by atoms with Crippen molar-refractivity contribution in [2.24, 2.45) is 28.6 Å². The molecule has 2 saturated carbocycles. The molecule has 3 nitrogen and oxygen atoms in total. The maximum atomic E-state index is 12.3. The summed E-state index contributed by atoms with van der Waals surface area (Å²) in [6, 6.07) is 0. The van der Waals surface area contributed by atoms with Crippen LogP contribution in [0, 0.1) is 28.6 Å². The van der Waals surface area contributed by atoms with Gasteiger partial charge in [0.15, 0.2) is 5.78 Å². The zero-order valence-corrected chi connectivity index (χ0v) is 17.9. The molecule has 6 atom stereocenters. The first kappa shape index (κ1) is 19.5. The molecule has 2 fully saturated rings. The Balaban J connectivity index is 1.72. The molecule has 4 rings (SSSR count). The van der Waals surface area contributed by atoms with Crippen LogP contribution in [-0.4, -0.2) is 23.1 Å². The van der Waals surface area contributed by atoms with Gasteiger partial charge in [-0.1, -0.05) is 25.4 Å². The van der Waals surface area contributed by atoms with Crippen molar-refractivity contribution in [1.29, 1.82) is 0 Å². The minimum atomic E-state index is -1.16. The summed E-state index contributed by atoms with van der Waals surface area (Å²) in [5.74, 6) is 2.41. The lowest BCUT2D eigenvalue weighted by atomic mass is 9.47. The van der Waals surface area contributed by atoms with Crippen LogP contribution in [0.25, 0.3) is 0 Å². The molecule has 4 heteroatoms. The van der Waals surface area contributed by atoms with E-state index in [0.29, 0.717) is 30.8 Å². The quantitative estimate of drug-likeness (QED) is 0.702. The predicted molar refractivity (Wildman–Crippen MR) is 107 cm³/mol. The van der Waals surface area contributed by atoms with Crippen molar-refractivity contribution < 1.29 is 14.6 Å².